The van der Waals surface area contributed by atoms with Gasteiger partial charge in [-0.15, -0.1) is 0 Å². The number of aryl methyl sites for hydroxylation is 1. The van der Waals surface area contributed by atoms with Crippen molar-refractivity contribution in [2.24, 2.45) is 11.7 Å². The molecule has 1 aliphatic rings. The highest BCUT2D eigenvalue weighted by Crippen LogP contribution is 2.31. The maximum Gasteiger partial charge on any atom is 0.332 e. The Balaban J connectivity index is 1.90. The van der Waals surface area contributed by atoms with Crippen LogP contribution in [0, 0.1) is 28.8 Å². The molecule has 9 nitrogen and oxygen atoms in total. The van der Waals surface area contributed by atoms with Gasteiger partial charge in [0, 0.05) is 24.7 Å². The van der Waals surface area contributed by atoms with Crippen molar-refractivity contribution in [1.82, 2.24) is 9.97 Å². The molecule has 1 fully saturated rings. The summed E-state index contributed by atoms with van der Waals surface area (Å²) in [4.78, 5) is 32.7. The molecule has 0 bridgehead atoms. The van der Waals surface area contributed by atoms with E-state index in [4.69, 9.17) is 5.73 Å². The van der Waals surface area contributed by atoms with Crippen LogP contribution in [-0.4, -0.2) is 33.9 Å². The minimum absolute atomic E-state index is 0.0335. The van der Waals surface area contributed by atoms with Crippen molar-refractivity contribution in [2.45, 2.75) is 19.8 Å². The maximum absolute atomic E-state index is 13.1. The fourth-order valence-corrected chi connectivity index (χ4v) is 3.03. The lowest BCUT2D eigenvalue weighted by atomic mass is 9.96. The average molecular weight is 374 g/mol. The summed E-state index contributed by atoms with van der Waals surface area (Å²) < 4.78 is 13.1. The van der Waals surface area contributed by atoms with E-state index in [9.17, 15) is 19.3 Å². The van der Waals surface area contributed by atoms with Gasteiger partial charge in [-0.05, 0) is 44.0 Å². The highest BCUT2D eigenvalue weighted by atomic mass is 19.1. The molecule has 1 aliphatic heterocycles. The van der Waals surface area contributed by atoms with E-state index in [2.05, 4.69) is 15.3 Å². The van der Waals surface area contributed by atoms with E-state index in [-0.39, 0.29) is 29.0 Å². The van der Waals surface area contributed by atoms with E-state index in [0.29, 0.717) is 37.6 Å². The second-order valence-corrected chi connectivity index (χ2v) is 6.36. The van der Waals surface area contributed by atoms with Gasteiger partial charge in [0.1, 0.15) is 11.5 Å². The molecule has 142 valence electrons. The van der Waals surface area contributed by atoms with Crippen LogP contribution in [0.2, 0.25) is 0 Å². The second-order valence-electron chi connectivity index (χ2n) is 6.36. The Kier molecular flexibility index (Phi) is 5.15. The van der Waals surface area contributed by atoms with Gasteiger partial charge in [0.25, 0.3) is 0 Å². The number of aromatic nitrogens is 2. The Morgan fingerprint density at radius 3 is 2.48 bits per heavy atom. The zero-order valence-electron chi connectivity index (χ0n) is 14.7. The molecular formula is C17H19FN6O3. The molecule has 2 heterocycles. The third-order valence-corrected chi connectivity index (χ3v) is 4.52. The Morgan fingerprint density at radius 2 is 1.93 bits per heavy atom. The lowest BCUT2D eigenvalue weighted by Crippen LogP contribution is -2.39. The molecule has 3 N–H and O–H groups in total. The number of piperidine rings is 1. The normalized spacial score (nSPS) is 14.8. The van der Waals surface area contributed by atoms with E-state index in [1.807, 2.05) is 4.90 Å². The molecular weight excluding hydrogens is 355 g/mol. The standard InChI is InChI=1S/C17H19FN6O3/c1-10-14(24(26)27)16(21-13-4-2-12(18)3-5-13)22-17(20-10)23-8-6-11(7-9-23)15(19)25/h2-5,11H,6-9H2,1H3,(H2,19,25)(H,20,21,22). The van der Waals surface area contributed by atoms with E-state index in [1.165, 1.54) is 31.2 Å². The lowest BCUT2D eigenvalue weighted by Gasteiger charge is -2.30. The number of halogens is 1. The summed E-state index contributed by atoms with van der Waals surface area (Å²) in [6, 6.07) is 5.43. The van der Waals surface area contributed by atoms with Gasteiger partial charge >= 0.3 is 5.69 Å². The number of nitrogens with one attached hydrogen (secondary N) is 1. The van der Waals surface area contributed by atoms with Crippen molar-refractivity contribution in [3.05, 3.63) is 45.9 Å². The Morgan fingerprint density at radius 1 is 1.30 bits per heavy atom. The van der Waals surface area contributed by atoms with Gasteiger partial charge in [-0.3, -0.25) is 14.9 Å². The first kappa shape index (κ1) is 18.5. The molecule has 0 aliphatic carbocycles. The van der Waals surface area contributed by atoms with Crippen LogP contribution in [-0.2, 0) is 4.79 Å². The van der Waals surface area contributed by atoms with E-state index in [1.54, 1.807) is 0 Å². The zero-order chi connectivity index (χ0) is 19.6. The van der Waals surface area contributed by atoms with Crippen LogP contribution in [0.15, 0.2) is 24.3 Å². The van der Waals surface area contributed by atoms with Crippen LogP contribution < -0.4 is 16.0 Å². The largest absolute Gasteiger partial charge is 0.369 e. The molecule has 1 amide bonds. The minimum Gasteiger partial charge on any atom is -0.369 e. The first-order valence-corrected chi connectivity index (χ1v) is 8.45. The molecule has 1 saturated heterocycles. The second kappa shape index (κ2) is 7.52. The van der Waals surface area contributed by atoms with E-state index < -0.39 is 10.7 Å². The molecule has 0 spiro atoms. The fraction of sp³-hybridized carbons (Fsp3) is 0.353. The third-order valence-electron chi connectivity index (χ3n) is 4.52. The topological polar surface area (TPSA) is 127 Å². The minimum atomic E-state index is -0.551. The number of hydrogen-bond acceptors (Lipinski definition) is 7. The monoisotopic (exact) mass is 374 g/mol. The summed E-state index contributed by atoms with van der Waals surface area (Å²) >= 11 is 0. The molecule has 27 heavy (non-hydrogen) atoms. The maximum atomic E-state index is 13.1. The average Bonchev–Trinajstić information content (AvgIpc) is 2.63. The third kappa shape index (κ3) is 4.10. The summed E-state index contributed by atoms with van der Waals surface area (Å²) in [5.74, 6) is -0.546. The molecule has 2 aromatic rings. The number of rotatable bonds is 5. The smallest absolute Gasteiger partial charge is 0.332 e. The van der Waals surface area contributed by atoms with Crippen LogP contribution in [0.4, 0.5) is 27.5 Å². The van der Waals surface area contributed by atoms with Crippen molar-refractivity contribution in [2.75, 3.05) is 23.3 Å². The van der Waals surface area contributed by atoms with Crippen molar-refractivity contribution in [3.8, 4) is 0 Å². The van der Waals surface area contributed by atoms with Crippen molar-refractivity contribution < 1.29 is 14.1 Å². The number of carbonyl (C=O) groups excluding carboxylic acids is 1. The molecule has 10 heteroatoms. The number of nitrogens with zero attached hydrogens (tertiary/aromatic N) is 4. The number of primary amides is 1. The Bertz CT molecular complexity index is 866. The predicted molar refractivity (Wildman–Crippen MR) is 97.2 cm³/mol. The Hall–Kier alpha value is -3.30. The van der Waals surface area contributed by atoms with Gasteiger partial charge in [0.15, 0.2) is 0 Å². The van der Waals surface area contributed by atoms with Crippen molar-refractivity contribution in [1.29, 1.82) is 0 Å². The number of nitro groups is 1. The number of carbonyl (C=O) groups is 1. The molecule has 0 unspecified atom stereocenters. The molecule has 0 radical (unpaired) electrons. The van der Waals surface area contributed by atoms with Crippen LogP contribution in [0.5, 0.6) is 0 Å². The van der Waals surface area contributed by atoms with Crippen LogP contribution >= 0.6 is 0 Å². The quantitative estimate of drug-likeness (QED) is 0.607. The number of amides is 1. The Labute approximate surface area is 154 Å². The van der Waals surface area contributed by atoms with Gasteiger partial charge in [0.2, 0.25) is 17.7 Å². The van der Waals surface area contributed by atoms with Gasteiger partial charge < -0.3 is 16.0 Å². The summed E-state index contributed by atoms with van der Waals surface area (Å²) in [6.45, 7) is 2.59. The van der Waals surface area contributed by atoms with Gasteiger partial charge in [-0.1, -0.05) is 0 Å². The molecule has 3 rings (SSSR count). The summed E-state index contributed by atoms with van der Waals surface area (Å²) in [5, 5.41) is 14.3. The molecule has 1 aromatic heterocycles. The van der Waals surface area contributed by atoms with Crippen LogP contribution in [0.25, 0.3) is 0 Å². The summed E-state index contributed by atoms with van der Waals surface area (Å²) in [7, 11) is 0. The first-order chi connectivity index (χ1) is 12.8. The number of nitrogens with two attached hydrogens (primary N) is 1. The highest BCUT2D eigenvalue weighted by Gasteiger charge is 2.28. The first-order valence-electron chi connectivity index (χ1n) is 8.45. The van der Waals surface area contributed by atoms with E-state index >= 15 is 0 Å². The zero-order valence-corrected chi connectivity index (χ0v) is 14.7. The summed E-state index contributed by atoms with van der Waals surface area (Å²) in [6.07, 6.45) is 1.16. The number of benzene rings is 1. The lowest BCUT2D eigenvalue weighted by molar-refractivity contribution is -0.385. The highest BCUT2D eigenvalue weighted by molar-refractivity contribution is 5.77. The van der Waals surface area contributed by atoms with Crippen LogP contribution in [0.1, 0.15) is 18.5 Å². The number of hydrogen-bond donors (Lipinski definition) is 2. The molecule has 0 atom stereocenters. The van der Waals surface area contributed by atoms with Gasteiger partial charge in [-0.2, -0.15) is 4.98 Å². The SMILES string of the molecule is Cc1nc(N2CCC(C(N)=O)CC2)nc(Nc2ccc(F)cc2)c1[N+](=O)[O-]. The predicted octanol–water partition coefficient (Wildman–Crippen LogP) is 2.28. The van der Waals surface area contributed by atoms with E-state index in [0.717, 1.165) is 0 Å². The number of anilines is 3. The summed E-state index contributed by atoms with van der Waals surface area (Å²) in [5.41, 5.74) is 5.79. The van der Waals surface area contributed by atoms with Crippen LogP contribution in [0.3, 0.4) is 0 Å². The van der Waals surface area contributed by atoms with Gasteiger partial charge in [-0.25, -0.2) is 9.37 Å². The van der Waals surface area contributed by atoms with Crippen molar-refractivity contribution >= 4 is 29.0 Å². The fourth-order valence-electron chi connectivity index (χ4n) is 3.03. The van der Waals surface area contributed by atoms with Crippen molar-refractivity contribution in [3.63, 3.8) is 0 Å². The van der Waals surface area contributed by atoms with Gasteiger partial charge in [0.05, 0.1) is 4.92 Å². The molecule has 0 saturated carbocycles. The molecule has 1 aromatic carbocycles.